The molecule has 3 rings (SSSR count). The summed E-state index contributed by atoms with van der Waals surface area (Å²) < 4.78 is 1.58. The number of benzene rings is 2. The Bertz CT molecular complexity index is 798. The van der Waals surface area contributed by atoms with Gasteiger partial charge in [0.2, 0.25) is 0 Å². The van der Waals surface area contributed by atoms with Crippen molar-refractivity contribution in [2.75, 3.05) is 0 Å². The minimum Gasteiger partial charge on any atom is -0.290 e. The summed E-state index contributed by atoms with van der Waals surface area (Å²) >= 11 is 0. The normalized spacial score (nSPS) is 10.5. The Labute approximate surface area is 123 Å². The van der Waals surface area contributed by atoms with Gasteiger partial charge in [0.15, 0.2) is 0 Å². The van der Waals surface area contributed by atoms with Crippen LogP contribution in [-0.4, -0.2) is 9.78 Å². The molecule has 0 atom stereocenters. The molecule has 3 heteroatoms. The van der Waals surface area contributed by atoms with Gasteiger partial charge in [0.1, 0.15) is 0 Å². The first kappa shape index (κ1) is 13.2. The molecule has 1 N–H and O–H groups in total. The summed E-state index contributed by atoms with van der Waals surface area (Å²) in [6.45, 7) is 3.75. The summed E-state index contributed by atoms with van der Waals surface area (Å²) in [5.41, 5.74) is 3.39. The fraction of sp³-hybridized carbons (Fsp3) is 0.0556. The Morgan fingerprint density at radius 1 is 1.00 bits per heavy atom. The van der Waals surface area contributed by atoms with Crippen LogP contribution in [0.2, 0.25) is 0 Å². The summed E-state index contributed by atoms with van der Waals surface area (Å²) in [5, 5.41) is 3.22. The van der Waals surface area contributed by atoms with Gasteiger partial charge in [0.25, 0.3) is 5.56 Å². The second-order valence-corrected chi connectivity index (χ2v) is 4.80. The number of aromatic amines is 1. The SMILES string of the molecule is C=CCc1c(-c2ccccc2)[nH]n(-c2ccccc2)c1=O. The molecule has 0 aliphatic carbocycles. The van der Waals surface area contributed by atoms with E-state index >= 15 is 0 Å². The smallest absolute Gasteiger partial charge is 0.275 e. The maximum absolute atomic E-state index is 12.6. The summed E-state index contributed by atoms with van der Waals surface area (Å²) in [6, 6.07) is 19.4. The van der Waals surface area contributed by atoms with Gasteiger partial charge >= 0.3 is 0 Å². The van der Waals surface area contributed by atoms with Gasteiger partial charge in [0.05, 0.1) is 11.4 Å². The molecule has 1 aromatic heterocycles. The highest BCUT2D eigenvalue weighted by molar-refractivity contribution is 5.63. The lowest BCUT2D eigenvalue weighted by atomic mass is 10.1. The molecule has 0 aliphatic heterocycles. The third-order valence-electron chi connectivity index (χ3n) is 3.41. The number of hydrogen-bond donors (Lipinski definition) is 1. The molecule has 21 heavy (non-hydrogen) atoms. The van der Waals surface area contributed by atoms with Crippen LogP contribution in [0.5, 0.6) is 0 Å². The molecule has 0 saturated heterocycles. The molecule has 0 saturated carbocycles. The van der Waals surface area contributed by atoms with E-state index in [0.29, 0.717) is 6.42 Å². The first-order chi connectivity index (χ1) is 10.3. The number of nitrogens with one attached hydrogen (secondary N) is 1. The monoisotopic (exact) mass is 276 g/mol. The van der Waals surface area contributed by atoms with Gasteiger partial charge in [-0.15, -0.1) is 6.58 Å². The van der Waals surface area contributed by atoms with Crippen molar-refractivity contribution in [2.24, 2.45) is 0 Å². The lowest BCUT2D eigenvalue weighted by molar-refractivity contribution is 0.850. The van der Waals surface area contributed by atoms with E-state index in [0.717, 1.165) is 22.5 Å². The first-order valence-corrected chi connectivity index (χ1v) is 6.87. The second-order valence-electron chi connectivity index (χ2n) is 4.80. The van der Waals surface area contributed by atoms with E-state index in [4.69, 9.17) is 0 Å². The van der Waals surface area contributed by atoms with Crippen LogP contribution in [0.25, 0.3) is 16.9 Å². The van der Waals surface area contributed by atoms with Gasteiger partial charge in [0, 0.05) is 5.56 Å². The minimum atomic E-state index is -0.0278. The van der Waals surface area contributed by atoms with E-state index in [9.17, 15) is 4.79 Å². The van der Waals surface area contributed by atoms with Crippen LogP contribution in [0.4, 0.5) is 0 Å². The predicted molar refractivity (Wildman–Crippen MR) is 85.7 cm³/mol. The molecular formula is C18H16N2O. The Hall–Kier alpha value is -2.81. The number of rotatable bonds is 4. The lowest BCUT2D eigenvalue weighted by Gasteiger charge is -2.01. The maximum Gasteiger partial charge on any atom is 0.275 e. The zero-order valence-corrected chi connectivity index (χ0v) is 11.6. The van der Waals surface area contributed by atoms with E-state index in [1.165, 1.54) is 0 Å². The molecule has 104 valence electrons. The van der Waals surface area contributed by atoms with E-state index in [2.05, 4.69) is 11.7 Å². The summed E-state index contributed by atoms with van der Waals surface area (Å²) in [5.74, 6) is 0. The third-order valence-corrected chi connectivity index (χ3v) is 3.41. The fourth-order valence-electron chi connectivity index (χ4n) is 2.41. The van der Waals surface area contributed by atoms with E-state index < -0.39 is 0 Å². The van der Waals surface area contributed by atoms with Crippen molar-refractivity contribution in [3.63, 3.8) is 0 Å². The van der Waals surface area contributed by atoms with Gasteiger partial charge in [-0.05, 0) is 24.1 Å². The Morgan fingerprint density at radius 2 is 1.62 bits per heavy atom. The van der Waals surface area contributed by atoms with Gasteiger partial charge in [-0.3, -0.25) is 9.89 Å². The Kier molecular flexibility index (Phi) is 3.56. The number of aromatic nitrogens is 2. The Morgan fingerprint density at radius 3 is 2.24 bits per heavy atom. The molecule has 0 amide bonds. The molecule has 3 aromatic rings. The molecule has 0 fully saturated rings. The van der Waals surface area contributed by atoms with Crippen molar-refractivity contribution in [3.05, 3.63) is 89.2 Å². The minimum absolute atomic E-state index is 0.0278. The van der Waals surface area contributed by atoms with Crippen molar-refractivity contribution in [1.82, 2.24) is 9.78 Å². The molecule has 3 nitrogen and oxygen atoms in total. The van der Waals surface area contributed by atoms with Gasteiger partial charge in [-0.25, -0.2) is 4.68 Å². The van der Waals surface area contributed by atoms with Crippen molar-refractivity contribution in [3.8, 4) is 16.9 Å². The average molecular weight is 276 g/mol. The summed E-state index contributed by atoms with van der Waals surface area (Å²) in [6.07, 6.45) is 2.30. The van der Waals surface area contributed by atoms with Crippen LogP contribution in [0.3, 0.4) is 0 Å². The van der Waals surface area contributed by atoms with Crippen molar-refractivity contribution in [2.45, 2.75) is 6.42 Å². The van der Waals surface area contributed by atoms with Gasteiger partial charge < -0.3 is 0 Å². The van der Waals surface area contributed by atoms with Crippen LogP contribution in [-0.2, 0) is 6.42 Å². The van der Waals surface area contributed by atoms with Gasteiger partial charge in [-0.1, -0.05) is 54.6 Å². The molecule has 0 radical (unpaired) electrons. The molecular weight excluding hydrogens is 260 g/mol. The van der Waals surface area contributed by atoms with Gasteiger partial charge in [-0.2, -0.15) is 0 Å². The van der Waals surface area contributed by atoms with Crippen LogP contribution in [0.1, 0.15) is 5.56 Å². The molecule has 0 bridgehead atoms. The van der Waals surface area contributed by atoms with E-state index in [-0.39, 0.29) is 5.56 Å². The fourth-order valence-corrected chi connectivity index (χ4v) is 2.41. The molecule has 0 aliphatic rings. The van der Waals surface area contributed by atoms with E-state index in [1.54, 1.807) is 10.8 Å². The van der Waals surface area contributed by atoms with Crippen molar-refractivity contribution >= 4 is 0 Å². The van der Waals surface area contributed by atoms with E-state index in [1.807, 2.05) is 60.7 Å². The maximum atomic E-state index is 12.6. The van der Waals surface area contributed by atoms with Crippen LogP contribution in [0, 0.1) is 0 Å². The largest absolute Gasteiger partial charge is 0.290 e. The highest BCUT2D eigenvalue weighted by atomic mass is 16.1. The highest BCUT2D eigenvalue weighted by Gasteiger charge is 2.15. The van der Waals surface area contributed by atoms with Crippen molar-refractivity contribution < 1.29 is 0 Å². The number of nitrogens with zero attached hydrogens (tertiary/aromatic N) is 1. The molecule has 0 spiro atoms. The topological polar surface area (TPSA) is 37.8 Å². The van der Waals surface area contributed by atoms with Crippen molar-refractivity contribution in [1.29, 1.82) is 0 Å². The number of allylic oxidation sites excluding steroid dienone is 1. The quantitative estimate of drug-likeness (QED) is 0.727. The van der Waals surface area contributed by atoms with Crippen LogP contribution < -0.4 is 5.56 Å². The third kappa shape index (κ3) is 2.46. The molecule has 1 heterocycles. The number of hydrogen-bond acceptors (Lipinski definition) is 1. The Balaban J connectivity index is 2.21. The second kappa shape index (κ2) is 5.67. The summed E-state index contributed by atoms with van der Waals surface area (Å²) in [7, 11) is 0. The zero-order valence-electron chi connectivity index (χ0n) is 11.6. The molecule has 0 unspecified atom stereocenters. The first-order valence-electron chi connectivity index (χ1n) is 6.87. The van der Waals surface area contributed by atoms with Crippen LogP contribution in [0.15, 0.2) is 78.1 Å². The summed E-state index contributed by atoms with van der Waals surface area (Å²) in [4.78, 5) is 12.6. The number of H-pyrrole nitrogens is 1. The highest BCUT2D eigenvalue weighted by Crippen LogP contribution is 2.21. The van der Waals surface area contributed by atoms with Crippen LogP contribution >= 0.6 is 0 Å². The molecule has 2 aromatic carbocycles. The average Bonchev–Trinajstić information content (AvgIpc) is 2.87. The predicted octanol–water partition coefficient (Wildman–Crippen LogP) is 3.56. The standard InChI is InChI=1S/C18H16N2O/c1-2-9-16-17(14-10-5-3-6-11-14)19-20(18(16)21)15-12-7-4-8-13-15/h2-8,10-13,19H,1,9H2. The lowest BCUT2D eigenvalue weighted by Crippen LogP contribution is -2.16. The zero-order chi connectivity index (χ0) is 14.7. The number of para-hydroxylation sites is 1.